The average molecular weight is 262 g/mol. The van der Waals surface area contributed by atoms with Gasteiger partial charge in [-0.25, -0.2) is 0 Å². The second-order valence-corrected chi connectivity index (χ2v) is 5.67. The van der Waals surface area contributed by atoms with E-state index in [0.717, 1.165) is 36.9 Å². The van der Waals surface area contributed by atoms with Crippen LogP contribution < -0.4 is 5.32 Å². The highest BCUT2D eigenvalue weighted by atomic mass is 15.2. The van der Waals surface area contributed by atoms with Crippen LogP contribution in [0.3, 0.4) is 0 Å². The summed E-state index contributed by atoms with van der Waals surface area (Å²) in [6.45, 7) is 4.17. The van der Waals surface area contributed by atoms with Gasteiger partial charge in [0, 0.05) is 12.6 Å². The molecule has 0 saturated heterocycles. The Hall–Kier alpha value is -1.16. The third-order valence-corrected chi connectivity index (χ3v) is 3.98. The summed E-state index contributed by atoms with van der Waals surface area (Å²) < 4.78 is 0. The molecule has 0 unspecified atom stereocenters. The molecular formula is C15H26N4. The highest BCUT2D eigenvalue weighted by Crippen LogP contribution is 2.21. The van der Waals surface area contributed by atoms with Gasteiger partial charge in [0.15, 0.2) is 0 Å². The second-order valence-electron chi connectivity index (χ2n) is 5.67. The van der Waals surface area contributed by atoms with Crippen LogP contribution in [0.15, 0.2) is 12.3 Å². The molecule has 1 N–H and O–H groups in total. The van der Waals surface area contributed by atoms with Crippen LogP contribution in [0, 0.1) is 6.92 Å². The van der Waals surface area contributed by atoms with Gasteiger partial charge in [0.05, 0.1) is 6.20 Å². The van der Waals surface area contributed by atoms with Crippen LogP contribution in [-0.2, 0) is 0 Å². The quantitative estimate of drug-likeness (QED) is 0.800. The number of hydrogen-bond acceptors (Lipinski definition) is 4. The van der Waals surface area contributed by atoms with Crippen molar-refractivity contribution >= 4 is 5.82 Å². The van der Waals surface area contributed by atoms with E-state index in [2.05, 4.69) is 27.5 Å². The molecule has 0 atom stereocenters. The Balaban J connectivity index is 1.63. The largest absolute Gasteiger partial charge is 0.369 e. The maximum atomic E-state index is 4.07. The smallest absolute Gasteiger partial charge is 0.148 e. The van der Waals surface area contributed by atoms with E-state index in [1.165, 1.54) is 32.1 Å². The summed E-state index contributed by atoms with van der Waals surface area (Å²) >= 11 is 0. The summed E-state index contributed by atoms with van der Waals surface area (Å²) in [4.78, 5) is 2.53. The number of hydrogen-bond donors (Lipinski definition) is 1. The Morgan fingerprint density at radius 3 is 2.84 bits per heavy atom. The molecule has 19 heavy (non-hydrogen) atoms. The Labute approximate surface area is 116 Å². The van der Waals surface area contributed by atoms with Crippen LogP contribution in [0.5, 0.6) is 0 Å². The van der Waals surface area contributed by atoms with Gasteiger partial charge in [-0.05, 0) is 51.4 Å². The van der Waals surface area contributed by atoms with E-state index in [1.54, 1.807) is 6.20 Å². The van der Waals surface area contributed by atoms with Crippen LogP contribution in [0.1, 0.15) is 44.1 Å². The summed E-state index contributed by atoms with van der Waals surface area (Å²) in [5.74, 6) is 0.889. The molecule has 1 aliphatic rings. The van der Waals surface area contributed by atoms with Crippen LogP contribution in [-0.4, -0.2) is 41.3 Å². The molecule has 0 radical (unpaired) electrons. The number of rotatable bonds is 6. The number of aryl methyl sites for hydroxylation is 1. The molecular weight excluding hydrogens is 236 g/mol. The molecule has 0 bridgehead atoms. The fourth-order valence-corrected chi connectivity index (χ4v) is 2.80. The average Bonchev–Trinajstić information content (AvgIpc) is 2.44. The van der Waals surface area contributed by atoms with Crippen molar-refractivity contribution in [3.8, 4) is 0 Å². The molecule has 106 valence electrons. The Bertz CT molecular complexity index is 374. The standard InChI is InChI=1S/C15H26N4/c1-13-11-15(18-17-12-13)16-9-6-10-19(2)14-7-4-3-5-8-14/h11-12,14H,3-10H2,1-2H3,(H,16,18). The van der Waals surface area contributed by atoms with E-state index in [-0.39, 0.29) is 0 Å². The van der Waals surface area contributed by atoms with Crippen LogP contribution in [0.2, 0.25) is 0 Å². The van der Waals surface area contributed by atoms with Crippen LogP contribution in [0.25, 0.3) is 0 Å². The fraction of sp³-hybridized carbons (Fsp3) is 0.733. The third kappa shape index (κ3) is 4.78. The zero-order valence-electron chi connectivity index (χ0n) is 12.2. The number of anilines is 1. The van der Waals surface area contributed by atoms with Gasteiger partial charge in [-0.15, -0.1) is 5.10 Å². The first-order valence-corrected chi connectivity index (χ1v) is 7.49. The zero-order valence-corrected chi connectivity index (χ0v) is 12.2. The maximum Gasteiger partial charge on any atom is 0.148 e. The summed E-state index contributed by atoms with van der Waals surface area (Å²) in [5.41, 5.74) is 1.15. The Kier molecular flexibility index (Phi) is 5.58. The lowest BCUT2D eigenvalue weighted by atomic mass is 9.94. The van der Waals surface area contributed by atoms with Gasteiger partial charge < -0.3 is 10.2 Å². The minimum Gasteiger partial charge on any atom is -0.369 e. The highest BCUT2D eigenvalue weighted by Gasteiger charge is 2.17. The van der Waals surface area contributed by atoms with Crippen molar-refractivity contribution in [3.05, 3.63) is 17.8 Å². The first-order chi connectivity index (χ1) is 9.25. The molecule has 0 aromatic carbocycles. The van der Waals surface area contributed by atoms with E-state index in [0.29, 0.717) is 0 Å². The Morgan fingerprint density at radius 2 is 2.11 bits per heavy atom. The normalized spacial score (nSPS) is 16.8. The molecule has 1 aromatic heterocycles. The van der Waals surface area contributed by atoms with Crippen molar-refractivity contribution in [2.45, 2.75) is 51.5 Å². The lowest BCUT2D eigenvalue weighted by molar-refractivity contribution is 0.191. The minimum absolute atomic E-state index is 0.813. The topological polar surface area (TPSA) is 41.1 Å². The van der Waals surface area contributed by atoms with Crippen molar-refractivity contribution in [1.82, 2.24) is 15.1 Å². The van der Waals surface area contributed by atoms with Gasteiger partial charge in [-0.1, -0.05) is 19.3 Å². The van der Waals surface area contributed by atoms with E-state index in [1.807, 2.05) is 13.0 Å². The van der Waals surface area contributed by atoms with E-state index in [9.17, 15) is 0 Å². The van der Waals surface area contributed by atoms with Gasteiger partial charge in [-0.2, -0.15) is 5.10 Å². The molecule has 2 rings (SSSR count). The number of nitrogens with one attached hydrogen (secondary N) is 1. The van der Waals surface area contributed by atoms with E-state index < -0.39 is 0 Å². The van der Waals surface area contributed by atoms with Crippen LogP contribution in [0.4, 0.5) is 5.82 Å². The predicted octanol–water partition coefficient (Wildman–Crippen LogP) is 2.85. The van der Waals surface area contributed by atoms with Crippen molar-refractivity contribution in [3.63, 3.8) is 0 Å². The maximum absolute atomic E-state index is 4.07. The molecule has 4 nitrogen and oxygen atoms in total. The lowest BCUT2D eigenvalue weighted by Crippen LogP contribution is -2.34. The molecule has 0 amide bonds. The summed E-state index contributed by atoms with van der Waals surface area (Å²) in [6, 6.07) is 2.85. The fourth-order valence-electron chi connectivity index (χ4n) is 2.80. The second kappa shape index (κ2) is 7.43. The van der Waals surface area contributed by atoms with Crippen molar-refractivity contribution in [1.29, 1.82) is 0 Å². The molecule has 1 fully saturated rings. The first kappa shape index (κ1) is 14.3. The van der Waals surface area contributed by atoms with Crippen LogP contribution >= 0.6 is 0 Å². The predicted molar refractivity (Wildman–Crippen MR) is 79.4 cm³/mol. The number of nitrogens with zero attached hydrogens (tertiary/aromatic N) is 3. The van der Waals surface area contributed by atoms with Crippen molar-refractivity contribution in [2.24, 2.45) is 0 Å². The van der Waals surface area contributed by atoms with Gasteiger partial charge in [0.25, 0.3) is 0 Å². The Morgan fingerprint density at radius 1 is 1.32 bits per heavy atom. The molecule has 1 aliphatic carbocycles. The molecule has 0 aliphatic heterocycles. The van der Waals surface area contributed by atoms with Gasteiger partial charge in [0.2, 0.25) is 0 Å². The molecule has 0 spiro atoms. The minimum atomic E-state index is 0.813. The zero-order chi connectivity index (χ0) is 13.5. The molecule has 1 aromatic rings. The number of aromatic nitrogens is 2. The highest BCUT2D eigenvalue weighted by molar-refractivity contribution is 5.34. The van der Waals surface area contributed by atoms with Gasteiger partial charge in [-0.3, -0.25) is 0 Å². The molecule has 1 saturated carbocycles. The summed E-state index contributed by atoms with van der Waals surface area (Å²) in [6.07, 6.45) is 9.95. The van der Waals surface area contributed by atoms with Gasteiger partial charge in [0.1, 0.15) is 5.82 Å². The van der Waals surface area contributed by atoms with Gasteiger partial charge >= 0.3 is 0 Å². The monoisotopic (exact) mass is 262 g/mol. The molecule has 1 heterocycles. The van der Waals surface area contributed by atoms with Crippen molar-refractivity contribution in [2.75, 3.05) is 25.5 Å². The molecule has 4 heteroatoms. The summed E-state index contributed by atoms with van der Waals surface area (Å²) in [5, 5.41) is 11.4. The third-order valence-electron chi connectivity index (χ3n) is 3.98. The van der Waals surface area contributed by atoms with Crippen molar-refractivity contribution < 1.29 is 0 Å². The van der Waals surface area contributed by atoms with E-state index >= 15 is 0 Å². The SMILES string of the molecule is Cc1cnnc(NCCCN(C)C2CCCCC2)c1. The van der Waals surface area contributed by atoms with E-state index in [4.69, 9.17) is 0 Å². The lowest BCUT2D eigenvalue weighted by Gasteiger charge is -2.31. The first-order valence-electron chi connectivity index (χ1n) is 7.49. The summed E-state index contributed by atoms with van der Waals surface area (Å²) in [7, 11) is 2.27.